The van der Waals surface area contributed by atoms with Crippen molar-refractivity contribution >= 4 is 11.3 Å². The zero-order valence-corrected chi connectivity index (χ0v) is 9.39. The summed E-state index contributed by atoms with van der Waals surface area (Å²) in [5.41, 5.74) is 1.14. The molecule has 0 aromatic carbocycles. The van der Waals surface area contributed by atoms with Crippen LogP contribution in [0.2, 0.25) is 0 Å². The molecule has 0 saturated heterocycles. The van der Waals surface area contributed by atoms with Crippen LogP contribution < -0.4 is 0 Å². The molecule has 1 aromatic heterocycles. The van der Waals surface area contributed by atoms with Gasteiger partial charge in [0.2, 0.25) is 0 Å². The SMILES string of the molecule is Cc1csc(CC2CCC(O)CC2)n1. The Morgan fingerprint density at radius 2 is 2.14 bits per heavy atom. The van der Waals surface area contributed by atoms with E-state index in [1.807, 2.05) is 6.92 Å². The molecule has 1 saturated carbocycles. The summed E-state index contributed by atoms with van der Waals surface area (Å²) in [7, 11) is 0. The Bertz CT molecular complexity index is 289. The molecule has 0 spiro atoms. The van der Waals surface area contributed by atoms with Crippen molar-refractivity contribution in [3.8, 4) is 0 Å². The van der Waals surface area contributed by atoms with Crippen molar-refractivity contribution in [2.75, 3.05) is 0 Å². The van der Waals surface area contributed by atoms with Crippen molar-refractivity contribution in [3.05, 3.63) is 16.1 Å². The largest absolute Gasteiger partial charge is 0.393 e. The fourth-order valence-electron chi connectivity index (χ4n) is 2.09. The molecular formula is C11H17NOS. The Kier molecular flexibility index (Phi) is 3.19. The summed E-state index contributed by atoms with van der Waals surface area (Å²) >= 11 is 1.77. The Balaban J connectivity index is 1.86. The zero-order chi connectivity index (χ0) is 9.97. The molecule has 2 rings (SSSR count). The number of hydrogen-bond donors (Lipinski definition) is 1. The van der Waals surface area contributed by atoms with E-state index in [9.17, 15) is 5.11 Å². The highest BCUT2D eigenvalue weighted by Crippen LogP contribution is 2.28. The number of nitrogens with zero attached hydrogens (tertiary/aromatic N) is 1. The molecule has 1 aliphatic rings. The Labute approximate surface area is 89.0 Å². The molecular weight excluding hydrogens is 194 g/mol. The predicted molar refractivity (Wildman–Crippen MR) is 58.5 cm³/mol. The minimum atomic E-state index is -0.0377. The molecule has 0 bridgehead atoms. The zero-order valence-electron chi connectivity index (χ0n) is 8.57. The number of hydrogen-bond acceptors (Lipinski definition) is 3. The molecule has 0 radical (unpaired) electrons. The van der Waals surface area contributed by atoms with Gasteiger partial charge in [0.1, 0.15) is 0 Å². The summed E-state index contributed by atoms with van der Waals surface area (Å²) in [6.45, 7) is 2.05. The first-order chi connectivity index (χ1) is 6.74. The van der Waals surface area contributed by atoms with Gasteiger partial charge in [0, 0.05) is 17.5 Å². The number of aromatic nitrogens is 1. The van der Waals surface area contributed by atoms with Gasteiger partial charge in [-0.15, -0.1) is 11.3 Å². The minimum Gasteiger partial charge on any atom is -0.393 e. The summed E-state index contributed by atoms with van der Waals surface area (Å²) in [6.07, 6.45) is 5.37. The van der Waals surface area contributed by atoms with E-state index in [0.29, 0.717) is 0 Å². The van der Waals surface area contributed by atoms with Gasteiger partial charge in [-0.05, 0) is 38.5 Å². The normalized spacial score (nSPS) is 27.9. The highest BCUT2D eigenvalue weighted by molar-refractivity contribution is 7.09. The van der Waals surface area contributed by atoms with Gasteiger partial charge < -0.3 is 5.11 Å². The number of rotatable bonds is 2. The van der Waals surface area contributed by atoms with Gasteiger partial charge in [-0.1, -0.05) is 0 Å². The van der Waals surface area contributed by atoms with Crippen molar-refractivity contribution < 1.29 is 5.11 Å². The van der Waals surface area contributed by atoms with E-state index < -0.39 is 0 Å². The van der Waals surface area contributed by atoms with Crippen LogP contribution in [-0.2, 0) is 6.42 Å². The van der Waals surface area contributed by atoms with Crippen molar-refractivity contribution in [1.29, 1.82) is 0 Å². The van der Waals surface area contributed by atoms with E-state index in [2.05, 4.69) is 10.4 Å². The second-order valence-corrected chi connectivity index (χ2v) is 5.20. The van der Waals surface area contributed by atoms with Crippen molar-refractivity contribution in [2.45, 2.75) is 45.1 Å². The minimum absolute atomic E-state index is 0.0377. The lowest BCUT2D eigenvalue weighted by Crippen LogP contribution is -2.19. The predicted octanol–water partition coefficient (Wildman–Crippen LogP) is 2.55. The summed E-state index contributed by atoms with van der Waals surface area (Å²) in [4.78, 5) is 4.48. The second-order valence-electron chi connectivity index (χ2n) is 4.26. The van der Waals surface area contributed by atoms with Gasteiger partial charge in [-0.3, -0.25) is 0 Å². The summed E-state index contributed by atoms with van der Waals surface area (Å²) in [6, 6.07) is 0. The second kappa shape index (κ2) is 4.41. The molecule has 1 aromatic rings. The molecule has 0 unspecified atom stereocenters. The van der Waals surface area contributed by atoms with Crippen LogP contribution in [0.4, 0.5) is 0 Å². The highest BCUT2D eigenvalue weighted by atomic mass is 32.1. The summed E-state index contributed by atoms with van der Waals surface area (Å²) in [5.74, 6) is 0.754. The van der Waals surface area contributed by atoms with E-state index >= 15 is 0 Å². The average Bonchev–Trinajstić information content (AvgIpc) is 2.56. The third-order valence-corrected chi connectivity index (χ3v) is 3.94. The number of aryl methyl sites for hydroxylation is 1. The number of thiazole rings is 1. The van der Waals surface area contributed by atoms with Gasteiger partial charge in [-0.25, -0.2) is 4.98 Å². The van der Waals surface area contributed by atoms with E-state index in [-0.39, 0.29) is 6.10 Å². The molecule has 1 heterocycles. The van der Waals surface area contributed by atoms with Crippen LogP contribution in [-0.4, -0.2) is 16.2 Å². The third kappa shape index (κ3) is 2.55. The lowest BCUT2D eigenvalue weighted by atomic mass is 9.85. The molecule has 0 aliphatic heterocycles. The molecule has 3 heteroatoms. The molecule has 1 N–H and O–H groups in total. The van der Waals surface area contributed by atoms with Crippen molar-refractivity contribution in [3.63, 3.8) is 0 Å². The van der Waals surface area contributed by atoms with Crippen molar-refractivity contribution in [2.24, 2.45) is 5.92 Å². The van der Waals surface area contributed by atoms with E-state index in [4.69, 9.17) is 0 Å². The summed E-state index contributed by atoms with van der Waals surface area (Å²) < 4.78 is 0. The van der Waals surface area contributed by atoms with Crippen LogP contribution in [0, 0.1) is 12.8 Å². The van der Waals surface area contributed by atoms with Crippen LogP contribution in [0.15, 0.2) is 5.38 Å². The fourth-order valence-corrected chi connectivity index (χ4v) is 2.98. The van der Waals surface area contributed by atoms with Gasteiger partial charge in [0.05, 0.1) is 11.1 Å². The van der Waals surface area contributed by atoms with Crippen LogP contribution in [0.3, 0.4) is 0 Å². The van der Waals surface area contributed by atoms with E-state index in [0.717, 1.165) is 30.9 Å². The number of aliphatic hydroxyl groups excluding tert-OH is 1. The first-order valence-corrected chi connectivity index (χ1v) is 6.21. The molecule has 14 heavy (non-hydrogen) atoms. The average molecular weight is 211 g/mol. The first kappa shape index (κ1) is 10.1. The van der Waals surface area contributed by atoms with Gasteiger partial charge >= 0.3 is 0 Å². The van der Waals surface area contributed by atoms with Gasteiger partial charge in [-0.2, -0.15) is 0 Å². The highest BCUT2D eigenvalue weighted by Gasteiger charge is 2.20. The maximum absolute atomic E-state index is 9.38. The molecule has 2 nitrogen and oxygen atoms in total. The smallest absolute Gasteiger partial charge is 0.0930 e. The Morgan fingerprint density at radius 1 is 1.43 bits per heavy atom. The van der Waals surface area contributed by atoms with Crippen LogP contribution in [0.25, 0.3) is 0 Å². The Hall–Kier alpha value is -0.410. The molecule has 0 amide bonds. The van der Waals surface area contributed by atoms with Crippen LogP contribution in [0.1, 0.15) is 36.4 Å². The van der Waals surface area contributed by atoms with Crippen LogP contribution in [0.5, 0.6) is 0 Å². The third-order valence-electron chi connectivity index (χ3n) is 2.95. The first-order valence-electron chi connectivity index (χ1n) is 5.33. The molecule has 0 atom stereocenters. The van der Waals surface area contributed by atoms with Gasteiger partial charge in [0.15, 0.2) is 0 Å². The topological polar surface area (TPSA) is 33.1 Å². The Morgan fingerprint density at radius 3 is 2.71 bits per heavy atom. The van der Waals surface area contributed by atoms with E-state index in [1.165, 1.54) is 17.8 Å². The monoisotopic (exact) mass is 211 g/mol. The maximum Gasteiger partial charge on any atom is 0.0930 e. The van der Waals surface area contributed by atoms with Crippen molar-refractivity contribution in [1.82, 2.24) is 4.98 Å². The van der Waals surface area contributed by atoms with Crippen LogP contribution >= 0.6 is 11.3 Å². The van der Waals surface area contributed by atoms with Gasteiger partial charge in [0.25, 0.3) is 0 Å². The summed E-state index contributed by atoms with van der Waals surface area (Å²) in [5, 5.41) is 12.8. The molecule has 1 fully saturated rings. The fraction of sp³-hybridized carbons (Fsp3) is 0.727. The lowest BCUT2D eigenvalue weighted by molar-refractivity contribution is 0.108. The standard InChI is InChI=1S/C11H17NOS/c1-8-7-14-11(12-8)6-9-2-4-10(13)5-3-9/h7,9-10,13H,2-6H2,1H3. The lowest BCUT2D eigenvalue weighted by Gasteiger charge is -2.24. The number of aliphatic hydroxyl groups is 1. The van der Waals surface area contributed by atoms with E-state index in [1.54, 1.807) is 11.3 Å². The quantitative estimate of drug-likeness (QED) is 0.815. The molecule has 1 aliphatic carbocycles. The maximum atomic E-state index is 9.38. The molecule has 78 valence electrons.